The second-order valence-electron chi connectivity index (χ2n) is 4.89. The predicted octanol–water partition coefficient (Wildman–Crippen LogP) is 3.09. The molecule has 0 saturated heterocycles. The van der Waals surface area contributed by atoms with Crippen LogP contribution in [0.2, 0.25) is 10.0 Å². The Hall–Kier alpha value is -1.07. The van der Waals surface area contributed by atoms with Crippen LogP contribution in [0.4, 0.5) is 0 Å². The Morgan fingerprint density at radius 1 is 1.35 bits per heavy atom. The molecule has 0 bridgehead atoms. The molecule has 0 aliphatic rings. The molecular formula is C14H18Cl2N4. The third-order valence-electron chi connectivity index (χ3n) is 3.48. The first-order valence-electron chi connectivity index (χ1n) is 6.34. The molecule has 0 amide bonds. The van der Waals surface area contributed by atoms with E-state index >= 15 is 0 Å². The third kappa shape index (κ3) is 2.99. The Morgan fingerprint density at radius 2 is 2.05 bits per heavy atom. The first kappa shape index (κ1) is 15.3. The lowest BCUT2D eigenvalue weighted by atomic mass is 9.98. The van der Waals surface area contributed by atoms with Crippen molar-refractivity contribution in [1.82, 2.24) is 15.2 Å². The van der Waals surface area contributed by atoms with Crippen LogP contribution in [0.3, 0.4) is 0 Å². The van der Waals surface area contributed by atoms with Crippen molar-refractivity contribution in [3.05, 3.63) is 50.8 Å². The van der Waals surface area contributed by atoms with Gasteiger partial charge in [-0.15, -0.1) is 0 Å². The lowest BCUT2D eigenvalue weighted by molar-refractivity contribution is 0.528. The minimum Gasteiger partial charge on any atom is -0.271 e. The van der Waals surface area contributed by atoms with E-state index in [0.717, 1.165) is 22.5 Å². The number of hydrazine groups is 1. The van der Waals surface area contributed by atoms with E-state index in [4.69, 9.17) is 29.0 Å². The van der Waals surface area contributed by atoms with Crippen LogP contribution in [-0.2, 0) is 13.5 Å². The molecule has 1 heterocycles. The maximum atomic E-state index is 6.30. The van der Waals surface area contributed by atoms with E-state index in [2.05, 4.69) is 10.5 Å². The zero-order chi connectivity index (χ0) is 14.9. The number of nitrogens with one attached hydrogen (secondary N) is 1. The lowest BCUT2D eigenvalue weighted by Crippen LogP contribution is -2.30. The highest BCUT2D eigenvalue weighted by molar-refractivity contribution is 6.32. The van der Waals surface area contributed by atoms with Gasteiger partial charge in [0.05, 0.1) is 22.5 Å². The summed E-state index contributed by atoms with van der Waals surface area (Å²) >= 11 is 12.4. The summed E-state index contributed by atoms with van der Waals surface area (Å²) in [5.41, 5.74) is 6.81. The Bertz CT molecular complexity index is 622. The number of aromatic nitrogens is 2. The van der Waals surface area contributed by atoms with Gasteiger partial charge in [0.15, 0.2) is 0 Å². The van der Waals surface area contributed by atoms with Crippen molar-refractivity contribution in [2.45, 2.75) is 26.3 Å². The number of nitrogens with two attached hydrogens (primary N) is 1. The molecule has 0 spiro atoms. The van der Waals surface area contributed by atoms with Gasteiger partial charge in [0.2, 0.25) is 0 Å². The van der Waals surface area contributed by atoms with Gasteiger partial charge in [-0.05, 0) is 37.1 Å². The molecule has 0 radical (unpaired) electrons. The molecule has 108 valence electrons. The van der Waals surface area contributed by atoms with Crippen LogP contribution in [0.5, 0.6) is 0 Å². The summed E-state index contributed by atoms with van der Waals surface area (Å²) in [6.45, 7) is 3.92. The quantitative estimate of drug-likeness (QED) is 0.674. The first-order valence-corrected chi connectivity index (χ1v) is 7.09. The van der Waals surface area contributed by atoms with Crippen molar-refractivity contribution < 1.29 is 0 Å². The van der Waals surface area contributed by atoms with E-state index in [1.165, 1.54) is 0 Å². The van der Waals surface area contributed by atoms with Crippen LogP contribution < -0.4 is 11.3 Å². The van der Waals surface area contributed by atoms with E-state index < -0.39 is 0 Å². The topological polar surface area (TPSA) is 55.9 Å². The first-order chi connectivity index (χ1) is 9.43. The van der Waals surface area contributed by atoms with Crippen LogP contribution in [0.15, 0.2) is 18.2 Å². The van der Waals surface area contributed by atoms with Gasteiger partial charge in [0.25, 0.3) is 0 Å². The van der Waals surface area contributed by atoms with Crippen LogP contribution in [0, 0.1) is 13.8 Å². The van der Waals surface area contributed by atoms with Gasteiger partial charge in [-0.1, -0.05) is 29.3 Å². The fourth-order valence-corrected chi connectivity index (χ4v) is 2.76. The number of hydrogen-bond donors (Lipinski definition) is 2. The van der Waals surface area contributed by atoms with Crippen LogP contribution >= 0.6 is 23.2 Å². The van der Waals surface area contributed by atoms with Gasteiger partial charge in [0, 0.05) is 18.5 Å². The Labute approximate surface area is 128 Å². The molecule has 0 fully saturated rings. The molecule has 0 saturated carbocycles. The molecular weight excluding hydrogens is 295 g/mol. The van der Waals surface area contributed by atoms with Crippen molar-refractivity contribution in [1.29, 1.82) is 0 Å². The molecule has 3 N–H and O–H groups in total. The number of hydrogen-bond acceptors (Lipinski definition) is 3. The predicted molar refractivity (Wildman–Crippen MR) is 82.9 cm³/mol. The minimum absolute atomic E-state index is 0.0685. The summed E-state index contributed by atoms with van der Waals surface area (Å²) in [6, 6.07) is 5.72. The van der Waals surface area contributed by atoms with Gasteiger partial charge in [-0.2, -0.15) is 5.10 Å². The Morgan fingerprint density at radius 3 is 2.60 bits per heavy atom. The number of nitrogens with zero attached hydrogens (tertiary/aromatic N) is 2. The molecule has 0 aliphatic carbocycles. The minimum atomic E-state index is -0.0685. The average molecular weight is 313 g/mol. The summed E-state index contributed by atoms with van der Waals surface area (Å²) in [7, 11) is 1.88. The standard InChI is InChI=1S/C14H18Cl2N4/c1-8-4-5-10(15)6-11(8)12(18-17)7-13-14(16)9(2)19-20(13)3/h4-6,12,18H,7,17H2,1-3H3. The smallest absolute Gasteiger partial charge is 0.0847 e. The summed E-state index contributed by atoms with van der Waals surface area (Å²) in [5.74, 6) is 5.71. The lowest BCUT2D eigenvalue weighted by Gasteiger charge is -2.19. The maximum absolute atomic E-state index is 6.30. The number of aryl methyl sites for hydroxylation is 3. The molecule has 1 atom stereocenters. The molecule has 1 unspecified atom stereocenters. The van der Waals surface area contributed by atoms with Crippen molar-refractivity contribution in [3.8, 4) is 0 Å². The van der Waals surface area contributed by atoms with Crippen molar-refractivity contribution in [3.63, 3.8) is 0 Å². The van der Waals surface area contributed by atoms with E-state index in [1.54, 1.807) is 4.68 Å². The van der Waals surface area contributed by atoms with E-state index in [9.17, 15) is 0 Å². The molecule has 1 aromatic carbocycles. The number of halogens is 2. The summed E-state index contributed by atoms with van der Waals surface area (Å²) < 4.78 is 1.79. The van der Waals surface area contributed by atoms with Crippen LogP contribution in [0.25, 0.3) is 0 Å². The molecule has 4 nitrogen and oxygen atoms in total. The fourth-order valence-electron chi connectivity index (χ4n) is 2.34. The maximum Gasteiger partial charge on any atom is 0.0847 e. The molecule has 20 heavy (non-hydrogen) atoms. The van der Waals surface area contributed by atoms with Gasteiger partial charge in [-0.25, -0.2) is 0 Å². The highest BCUT2D eigenvalue weighted by Gasteiger charge is 2.19. The Balaban J connectivity index is 2.36. The highest BCUT2D eigenvalue weighted by Crippen LogP contribution is 2.28. The second-order valence-corrected chi connectivity index (χ2v) is 5.71. The second kappa shape index (κ2) is 6.14. The van der Waals surface area contributed by atoms with Gasteiger partial charge in [0.1, 0.15) is 0 Å². The van der Waals surface area contributed by atoms with Gasteiger partial charge < -0.3 is 0 Å². The van der Waals surface area contributed by atoms with Crippen LogP contribution in [0.1, 0.15) is 28.6 Å². The normalized spacial score (nSPS) is 12.7. The molecule has 6 heteroatoms. The SMILES string of the molecule is Cc1ccc(Cl)cc1C(Cc1c(Cl)c(C)nn1C)NN. The average Bonchev–Trinajstić information content (AvgIpc) is 2.65. The van der Waals surface area contributed by atoms with Gasteiger partial charge in [-0.3, -0.25) is 16.0 Å². The number of benzene rings is 1. The molecule has 1 aromatic heterocycles. The third-order valence-corrected chi connectivity index (χ3v) is 4.20. The van der Waals surface area contributed by atoms with Crippen molar-refractivity contribution in [2.24, 2.45) is 12.9 Å². The summed E-state index contributed by atoms with van der Waals surface area (Å²) in [5, 5.41) is 5.70. The highest BCUT2D eigenvalue weighted by atomic mass is 35.5. The van der Waals surface area contributed by atoms with Gasteiger partial charge >= 0.3 is 0 Å². The van der Waals surface area contributed by atoms with E-state index in [0.29, 0.717) is 16.5 Å². The summed E-state index contributed by atoms with van der Waals surface area (Å²) in [6.07, 6.45) is 0.647. The molecule has 0 aliphatic heterocycles. The summed E-state index contributed by atoms with van der Waals surface area (Å²) in [4.78, 5) is 0. The zero-order valence-corrected chi connectivity index (χ0v) is 13.3. The zero-order valence-electron chi connectivity index (χ0n) is 11.7. The fraction of sp³-hybridized carbons (Fsp3) is 0.357. The van der Waals surface area contributed by atoms with Crippen molar-refractivity contribution >= 4 is 23.2 Å². The largest absolute Gasteiger partial charge is 0.271 e. The van der Waals surface area contributed by atoms with Crippen LogP contribution in [-0.4, -0.2) is 9.78 Å². The molecule has 2 rings (SSSR count). The van der Waals surface area contributed by atoms with E-state index in [1.807, 2.05) is 39.1 Å². The monoisotopic (exact) mass is 312 g/mol. The number of rotatable bonds is 4. The van der Waals surface area contributed by atoms with E-state index in [-0.39, 0.29) is 6.04 Å². The van der Waals surface area contributed by atoms with Crippen molar-refractivity contribution in [2.75, 3.05) is 0 Å². The Kier molecular flexibility index (Phi) is 4.70. The molecule has 2 aromatic rings.